The van der Waals surface area contributed by atoms with Crippen LogP contribution in [0.15, 0.2) is 48.5 Å². The lowest BCUT2D eigenvalue weighted by Gasteiger charge is -2.11. The molecule has 9 nitrogen and oxygen atoms in total. The van der Waals surface area contributed by atoms with Crippen LogP contribution in [0.3, 0.4) is 0 Å². The van der Waals surface area contributed by atoms with Crippen LogP contribution in [-0.2, 0) is 11.2 Å². The number of nitrogens with one attached hydrogen (secondary N) is 2. The van der Waals surface area contributed by atoms with E-state index in [1.807, 2.05) is 39.0 Å². The van der Waals surface area contributed by atoms with Crippen LogP contribution in [0.2, 0.25) is 0 Å². The molecule has 176 valence electrons. The summed E-state index contributed by atoms with van der Waals surface area (Å²) in [6, 6.07) is 14.2. The number of ether oxygens (including phenoxy) is 2. The first kappa shape index (κ1) is 23.0. The second-order valence-electron chi connectivity index (χ2n) is 8.02. The van der Waals surface area contributed by atoms with Crippen LogP contribution >= 0.6 is 0 Å². The number of hydrogen-bond acceptors (Lipinski definition) is 6. The van der Waals surface area contributed by atoms with E-state index in [0.717, 1.165) is 11.3 Å². The van der Waals surface area contributed by atoms with E-state index in [2.05, 4.69) is 20.5 Å². The molecule has 0 aliphatic heterocycles. The summed E-state index contributed by atoms with van der Waals surface area (Å²) in [5.41, 5.74) is 3.42. The number of carbonyl (C=O) groups excluding carboxylic acids is 2. The molecule has 9 heteroatoms. The molecule has 0 spiro atoms. The first-order valence-electron chi connectivity index (χ1n) is 11.1. The molecule has 0 saturated carbocycles. The number of carbonyl (C=O) groups is 2. The second kappa shape index (κ2) is 9.78. The highest BCUT2D eigenvalue weighted by atomic mass is 16.5. The number of aromatic amines is 1. The van der Waals surface area contributed by atoms with E-state index in [1.54, 1.807) is 35.0 Å². The van der Waals surface area contributed by atoms with Crippen molar-refractivity contribution in [1.82, 2.24) is 25.1 Å². The molecule has 34 heavy (non-hydrogen) atoms. The summed E-state index contributed by atoms with van der Waals surface area (Å²) in [6.45, 7) is 6.27. The lowest BCUT2D eigenvalue weighted by atomic mass is 10.1. The minimum absolute atomic E-state index is 0.112. The van der Waals surface area contributed by atoms with Crippen molar-refractivity contribution >= 4 is 17.5 Å². The van der Waals surface area contributed by atoms with Crippen LogP contribution in [0.5, 0.6) is 11.5 Å². The molecule has 2 aromatic heterocycles. The molecule has 2 N–H and O–H groups in total. The number of aryl methyl sites for hydroxylation is 2. The molecule has 1 unspecified atom stereocenters. The number of H-pyrrole nitrogens is 1. The third-order valence-electron chi connectivity index (χ3n) is 5.59. The molecule has 0 saturated heterocycles. The zero-order valence-electron chi connectivity index (χ0n) is 19.6. The minimum atomic E-state index is -0.407. The van der Waals surface area contributed by atoms with Crippen molar-refractivity contribution in [3.05, 3.63) is 76.7 Å². The molecule has 2 heterocycles. The van der Waals surface area contributed by atoms with Gasteiger partial charge in [0.2, 0.25) is 5.65 Å². The van der Waals surface area contributed by atoms with Gasteiger partial charge in [-0.15, -0.1) is 9.73 Å². The first-order valence-corrected chi connectivity index (χ1v) is 11.1. The maximum absolute atomic E-state index is 12.5. The average Bonchev–Trinajstić information content (AvgIpc) is 3.41. The van der Waals surface area contributed by atoms with E-state index in [4.69, 9.17) is 9.47 Å². The third-order valence-corrected chi connectivity index (χ3v) is 5.59. The number of nitrogens with zero attached hydrogens (tertiary/aromatic N) is 3. The highest BCUT2D eigenvalue weighted by molar-refractivity contribution is 5.95. The molecule has 0 aliphatic carbocycles. The number of fused-ring (bicyclic) bond motifs is 1. The van der Waals surface area contributed by atoms with Crippen LogP contribution in [-0.4, -0.2) is 45.3 Å². The Morgan fingerprint density at radius 1 is 1.15 bits per heavy atom. The highest BCUT2D eigenvalue weighted by Gasteiger charge is 2.21. The van der Waals surface area contributed by atoms with Crippen molar-refractivity contribution in [1.29, 1.82) is 0 Å². The van der Waals surface area contributed by atoms with Crippen LogP contribution < -0.4 is 10.1 Å². The van der Waals surface area contributed by atoms with Crippen LogP contribution in [0.1, 0.15) is 57.6 Å². The first-order chi connectivity index (χ1) is 16.4. The number of benzene rings is 2. The lowest BCUT2D eigenvalue weighted by Crippen LogP contribution is -2.28. The largest absolute Gasteiger partial charge is 0.465 e. The molecule has 1 amide bonds. The van der Waals surface area contributed by atoms with Gasteiger partial charge in [0.15, 0.2) is 11.6 Å². The monoisotopic (exact) mass is 461 g/mol. The summed E-state index contributed by atoms with van der Waals surface area (Å²) in [6.07, 6.45) is 0.692. The maximum atomic E-state index is 12.5. The number of aromatic nitrogens is 4. The van der Waals surface area contributed by atoms with E-state index >= 15 is 0 Å². The number of esters is 1. The standard InChI is InChI=1S/C25H27N5O4/c1-5-20-21(34-18-12-10-17(11-13-18)25(32)33-4)23-27-22(29-30(23)28-20)16(3)14-26-24(31)19-9-7-6-8-15(19)2/h6-13,16,28H,5,14H2,1-4H3,(H,26,31). The zero-order valence-corrected chi connectivity index (χ0v) is 19.6. The summed E-state index contributed by atoms with van der Waals surface area (Å²) >= 11 is 0. The summed E-state index contributed by atoms with van der Waals surface area (Å²) in [7, 11) is 1.34. The van der Waals surface area contributed by atoms with Gasteiger partial charge in [0, 0.05) is 18.0 Å². The molecule has 2 aromatic carbocycles. The molecule has 1 atom stereocenters. The summed E-state index contributed by atoms with van der Waals surface area (Å²) in [4.78, 5) is 28.9. The van der Waals surface area contributed by atoms with Gasteiger partial charge in [0.25, 0.3) is 5.91 Å². The fourth-order valence-electron chi connectivity index (χ4n) is 3.58. The van der Waals surface area contributed by atoms with E-state index in [0.29, 0.717) is 47.1 Å². The molecule has 4 aromatic rings. The number of amides is 1. The van der Waals surface area contributed by atoms with Crippen LogP contribution in [0, 0.1) is 6.92 Å². The Kier molecular flexibility index (Phi) is 6.62. The van der Waals surface area contributed by atoms with E-state index in [9.17, 15) is 9.59 Å². The van der Waals surface area contributed by atoms with Gasteiger partial charge in [-0.2, -0.15) is 0 Å². The predicted molar refractivity (Wildman–Crippen MR) is 126 cm³/mol. The summed E-state index contributed by atoms with van der Waals surface area (Å²) in [5.74, 6) is 1.08. The van der Waals surface area contributed by atoms with Crippen LogP contribution in [0.4, 0.5) is 0 Å². The van der Waals surface area contributed by atoms with Gasteiger partial charge in [0.05, 0.1) is 18.4 Å². The van der Waals surface area contributed by atoms with Crippen molar-refractivity contribution in [3.8, 4) is 11.5 Å². The van der Waals surface area contributed by atoms with Gasteiger partial charge in [0.1, 0.15) is 5.75 Å². The van der Waals surface area contributed by atoms with Crippen molar-refractivity contribution in [3.63, 3.8) is 0 Å². The molecular formula is C25H27N5O4. The molecular weight excluding hydrogens is 434 g/mol. The van der Waals surface area contributed by atoms with Crippen LogP contribution in [0.25, 0.3) is 5.65 Å². The smallest absolute Gasteiger partial charge is 0.337 e. The highest BCUT2D eigenvalue weighted by Crippen LogP contribution is 2.30. The Balaban J connectivity index is 1.51. The Morgan fingerprint density at radius 3 is 2.56 bits per heavy atom. The Labute approximate surface area is 197 Å². The molecule has 0 aliphatic rings. The van der Waals surface area contributed by atoms with Gasteiger partial charge < -0.3 is 14.8 Å². The summed E-state index contributed by atoms with van der Waals surface area (Å²) < 4.78 is 12.4. The normalized spacial score (nSPS) is 11.9. The Bertz CT molecular complexity index is 1320. The van der Waals surface area contributed by atoms with Crippen molar-refractivity contribution in [2.24, 2.45) is 0 Å². The fourth-order valence-corrected chi connectivity index (χ4v) is 3.58. The van der Waals surface area contributed by atoms with Crippen molar-refractivity contribution < 1.29 is 19.1 Å². The molecule has 0 radical (unpaired) electrons. The van der Waals surface area contributed by atoms with Gasteiger partial charge in [-0.1, -0.05) is 32.0 Å². The topological polar surface area (TPSA) is 111 Å². The van der Waals surface area contributed by atoms with E-state index < -0.39 is 5.97 Å². The van der Waals surface area contributed by atoms with Crippen molar-refractivity contribution in [2.45, 2.75) is 33.1 Å². The average molecular weight is 462 g/mol. The second-order valence-corrected chi connectivity index (χ2v) is 8.02. The van der Waals surface area contributed by atoms with Gasteiger partial charge in [-0.25, -0.2) is 9.78 Å². The lowest BCUT2D eigenvalue weighted by molar-refractivity contribution is 0.0600. The van der Waals surface area contributed by atoms with Crippen molar-refractivity contribution in [2.75, 3.05) is 13.7 Å². The van der Waals surface area contributed by atoms with Gasteiger partial charge in [-0.05, 0) is 49.2 Å². The number of hydrogen-bond donors (Lipinski definition) is 2. The predicted octanol–water partition coefficient (Wildman–Crippen LogP) is 4.04. The van der Waals surface area contributed by atoms with Gasteiger partial charge in [-0.3, -0.25) is 9.89 Å². The maximum Gasteiger partial charge on any atom is 0.337 e. The molecule has 0 bridgehead atoms. The zero-order chi connectivity index (χ0) is 24.2. The van der Waals surface area contributed by atoms with E-state index in [1.165, 1.54) is 7.11 Å². The number of rotatable bonds is 8. The third kappa shape index (κ3) is 4.63. The fraction of sp³-hybridized carbons (Fsp3) is 0.280. The van der Waals surface area contributed by atoms with Gasteiger partial charge >= 0.3 is 5.97 Å². The molecule has 0 fully saturated rings. The summed E-state index contributed by atoms with van der Waals surface area (Å²) in [5, 5.41) is 10.7. The Hall–Kier alpha value is -4.14. The SMILES string of the molecule is CCc1[nH]n2nc(C(C)CNC(=O)c3ccccc3C)nc2c1Oc1ccc(C(=O)OC)cc1. The number of methoxy groups -OCH3 is 1. The molecule has 4 rings (SSSR count). The van der Waals surface area contributed by atoms with E-state index in [-0.39, 0.29) is 11.8 Å². The Morgan fingerprint density at radius 2 is 1.88 bits per heavy atom. The minimum Gasteiger partial charge on any atom is -0.465 e. The quantitative estimate of drug-likeness (QED) is 0.383.